The summed E-state index contributed by atoms with van der Waals surface area (Å²) in [7, 11) is 1.53. The number of nitrogens with zero attached hydrogens (tertiary/aromatic N) is 1. The van der Waals surface area contributed by atoms with Crippen molar-refractivity contribution < 1.29 is 14.3 Å². The number of carbonyl (C=O) groups excluding carboxylic acids is 2. The maximum Gasteiger partial charge on any atom is 0.271 e. The molecule has 0 aliphatic heterocycles. The second kappa shape index (κ2) is 7.74. The Morgan fingerprint density at radius 2 is 1.87 bits per heavy atom. The normalized spacial score (nSPS) is 9.96. The minimum atomic E-state index is -0.433. The highest BCUT2D eigenvalue weighted by atomic mass is 16.5. The molecule has 0 fully saturated rings. The number of carbonyl (C=O) groups is 2. The van der Waals surface area contributed by atoms with E-state index in [0.29, 0.717) is 11.3 Å². The summed E-state index contributed by atoms with van der Waals surface area (Å²) in [5.74, 6) is -0.104. The van der Waals surface area contributed by atoms with E-state index < -0.39 is 5.91 Å². The van der Waals surface area contributed by atoms with E-state index in [0.717, 1.165) is 0 Å². The van der Waals surface area contributed by atoms with Crippen molar-refractivity contribution in [3.05, 3.63) is 58.0 Å². The van der Waals surface area contributed by atoms with Gasteiger partial charge in [0.1, 0.15) is 11.4 Å². The van der Waals surface area contributed by atoms with Crippen LogP contribution in [0.2, 0.25) is 0 Å². The van der Waals surface area contributed by atoms with Gasteiger partial charge in [-0.05, 0) is 24.3 Å². The molecular formula is C15H16N4O4. The van der Waals surface area contributed by atoms with Gasteiger partial charge in [-0.2, -0.15) is 5.10 Å². The van der Waals surface area contributed by atoms with Crippen LogP contribution in [0.3, 0.4) is 0 Å². The first-order chi connectivity index (χ1) is 11.1. The molecule has 2 amide bonds. The van der Waals surface area contributed by atoms with Crippen LogP contribution in [0.1, 0.15) is 20.8 Å². The summed E-state index contributed by atoms with van der Waals surface area (Å²) in [5, 5.41) is 11.0. The Bertz CT molecular complexity index is 737. The second-order valence-electron chi connectivity index (χ2n) is 4.55. The minimum Gasteiger partial charge on any atom is -0.497 e. The summed E-state index contributed by atoms with van der Waals surface area (Å²) in [6.07, 6.45) is 0. The van der Waals surface area contributed by atoms with Crippen LogP contribution in [0.4, 0.5) is 0 Å². The highest BCUT2D eigenvalue weighted by molar-refractivity contribution is 5.94. The molecule has 0 aliphatic rings. The highest BCUT2D eigenvalue weighted by Crippen LogP contribution is 2.12. The molecule has 2 rings (SSSR count). The molecule has 3 N–H and O–H groups in total. The van der Waals surface area contributed by atoms with Gasteiger partial charge in [0.05, 0.1) is 7.11 Å². The van der Waals surface area contributed by atoms with Gasteiger partial charge >= 0.3 is 0 Å². The lowest BCUT2D eigenvalue weighted by Gasteiger charge is -2.07. The molecule has 0 atom stereocenters. The fourth-order valence-corrected chi connectivity index (χ4v) is 1.78. The molecule has 0 saturated carbocycles. The molecule has 0 radical (unpaired) electrons. The summed E-state index contributed by atoms with van der Waals surface area (Å²) in [6, 6.07) is 9.29. The van der Waals surface area contributed by atoms with Crippen LogP contribution in [0, 0.1) is 0 Å². The quantitative estimate of drug-likeness (QED) is 0.646. The molecule has 8 heteroatoms. The van der Waals surface area contributed by atoms with Crippen molar-refractivity contribution in [2.45, 2.75) is 0 Å². The Hall–Kier alpha value is -3.16. The average Bonchev–Trinajstić information content (AvgIpc) is 2.59. The van der Waals surface area contributed by atoms with Crippen molar-refractivity contribution in [2.75, 3.05) is 20.2 Å². The van der Waals surface area contributed by atoms with Crippen LogP contribution in [0.5, 0.6) is 5.75 Å². The number of aromatic amines is 1. The fraction of sp³-hybridized carbons (Fsp3) is 0.200. The maximum atomic E-state index is 11.9. The summed E-state index contributed by atoms with van der Waals surface area (Å²) in [5.41, 5.74) is 0.189. The Kier molecular flexibility index (Phi) is 5.45. The summed E-state index contributed by atoms with van der Waals surface area (Å²) >= 11 is 0. The summed E-state index contributed by atoms with van der Waals surface area (Å²) in [6.45, 7) is 0.487. The molecule has 0 aliphatic carbocycles. The summed E-state index contributed by atoms with van der Waals surface area (Å²) < 4.78 is 5.05. The van der Waals surface area contributed by atoms with E-state index in [1.54, 1.807) is 24.3 Å². The van der Waals surface area contributed by atoms with Gasteiger partial charge in [0.15, 0.2) is 0 Å². The maximum absolute atomic E-state index is 11.9. The minimum absolute atomic E-state index is 0.101. The number of rotatable bonds is 6. The van der Waals surface area contributed by atoms with Crippen molar-refractivity contribution in [3.8, 4) is 5.75 Å². The van der Waals surface area contributed by atoms with E-state index in [1.165, 1.54) is 19.2 Å². The number of nitrogens with one attached hydrogen (secondary N) is 3. The number of H-pyrrole nitrogens is 1. The van der Waals surface area contributed by atoms with Gasteiger partial charge in [0.2, 0.25) is 0 Å². The summed E-state index contributed by atoms with van der Waals surface area (Å²) in [4.78, 5) is 34.5. The third-order valence-electron chi connectivity index (χ3n) is 2.94. The van der Waals surface area contributed by atoms with Crippen molar-refractivity contribution in [1.82, 2.24) is 20.8 Å². The topological polar surface area (TPSA) is 113 Å². The number of methoxy groups -OCH3 is 1. The van der Waals surface area contributed by atoms with Gasteiger partial charge < -0.3 is 15.4 Å². The van der Waals surface area contributed by atoms with Crippen molar-refractivity contribution in [3.63, 3.8) is 0 Å². The molecule has 23 heavy (non-hydrogen) atoms. The van der Waals surface area contributed by atoms with E-state index >= 15 is 0 Å². The number of aromatic nitrogens is 2. The van der Waals surface area contributed by atoms with Gasteiger partial charge in [-0.1, -0.05) is 6.07 Å². The molecule has 120 valence electrons. The molecule has 8 nitrogen and oxygen atoms in total. The molecule has 0 saturated heterocycles. The molecule has 1 aromatic carbocycles. The van der Waals surface area contributed by atoms with Gasteiger partial charge in [-0.3, -0.25) is 14.4 Å². The van der Waals surface area contributed by atoms with Gasteiger partial charge in [0, 0.05) is 24.7 Å². The average molecular weight is 316 g/mol. The van der Waals surface area contributed by atoms with Crippen LogP contribution in [0.15, 0.2) is 41.2 Å². The third-order valence-corrected chi connectivity index (χ3v) is 2.94. The van der Waals surface area contributed by atoms with Crippen LogP contribution in [-0.2, 0) is 0 Å². The number of hydrogen-bond donors (Lipinski definition) is 3. The number of hydrogen-bond acceptors (Lipinski definition) is 5. The largest absolute Gasteiger partial charge is 0.497 e. The Balaban J connectivity index is 1.78. The predicted octanol–water partition coefficient (Wildman–Crippen LogP) is -0.0617. The lowest BCUT2D eigenvalue weighted by molar-refractivity contribution is 0.0924. The first-order valence-corrected chi connectivity index (χ1v) is 6.86. The van der Waals surface area contributed by atoms with E-state index in [1.807, 2.05) is 0 Å². The van der Waals surface area contributed by atoms with Crippen molar-refractivity contribution >= 4 is 11.8 Å². The molecule has 1 aromatic heterocycles. The van der Waals surface area contributed by atoms with Crippen molar-refractivity contribution in [2.24, 2.45) is 0 Å². The first-order valence-electron chi connectivity index (χ1n) is 6.86. The molecule has 0 bridgehead atoms. The van der Waals surface area contributed by atoms with Gasteiger partial charge in [-0.15, -0.1) is 0 Å². The lowest BCUT2D eigenvalue weighted by Crippen LogP contribution is -2.35. The second-order valence-corrected chi connectivity index (χ2v) is 4.55. The lowest BCUT2D eigenvalue weighted by atomic mass is 10.2. The molecule has 0 spiro atoms. The third kappa shape index (κ3) is 4.67. The van der Waals surface area contributed by atoms with E-state index in [9.17, 15) is 14.4 Å². The Morgan fingerprint density at radius 1 is 1.13 bits per heavy atom. The standard InChI is InChI=1S/C15H16N4O4/c1-23-11-4-2-3-10(9-11)14(21)16-7-8-17-15(22)12-5-6-13(20)19-18-12/h2-6,9H,7-8H2,1H3,(H,16,21)(H,17,22)(H,19,20). The predicted molar refractivity (Wildman–Crippen MR) is 82.5 cm³/mol. The van der Waals surface area contributed by atoms with Crippen LogP contribution in [-0.4, -0.2) is 42.2 Å². The fourth-order valence-electron chi connectivity index (χ4n) is 1.78. The number of ether oxygens (including phenoxy) is 1. The van der Waals surface area contributed by atoms with Crippen LogP contribution < -0.4 is 20.9 Å². The number of benzene rings is 1. The number of amides is 2. The molecule has 0 unspecified atom stereocenters. The van der Waals surface area contributed by atoms with E-state index in [2.05, 4.69) is 20.8 Å². The van der Waals surface area contributed by atoms with Crippen LogP contribution >= 0.6 is 0 Å². The van der Waals surface area contributed by atoms with E-state index in [4.69, 9.17) is 4.74 Å². The molecule has 2 aromatic rings. The van der Waals surface area contributed by atoms with Crippen molar-refractivity contribution in [1.29, 1.82) is 0 Å². The zero-order chi connectivity index (χ0) is 16.7. The Morgan fingerprint density at radius 3 is 2.52 bits per heavy atom. The molecular weight excluding hydrogens is 300 g/mol. The SMILES string of the molecule is COc1cccc(C(=O)NCCNC(=O)c2ccc(=O)[nH]n2)c1. The smallest absolute Gasteiger partial charge is 0.271 e. The zero-order valence-corrected chi connectivity index (χ0v) is 12.5. The zero-order valence-electron chi connectivity index (χ0n) is 12.5. The van der Waals surface area contributed by atoms with Gasteiger partial charge in [-0.25, -0.2) is 5.10 Å². The highest BCUT2D eigenvalue weighted by Gasteiger charge is 2.08. The Labute approximate surface area is 131 Å². The molecule has 1 heterocycles. The van der Waals surface area contributed by atoms with Crippen LogP contribution in [0.25, 0.3) is 0 Å². The monoisotopic (exact) mass is 316 g/mol. The first kappa shape index (κ1) is 16.2. The van der Waals surface area contributed by atoms with E-state index in [-0.39, 0.29) is 30.2 Å². The van der Waals surface area contributed by atoms with Gasteiger partial charge in [0.25, 0.3) is 17.4 Å².